The molecule has 0 fully saturated rings. The van der Waals surface area contributed by atoms with Crippen LogP contribution in [0.4, 0.5) is 11.7 Å². The molecule has 1 aromatic heterocycles. The number of aromatic nitrogens is 1. The fraction of sp³-hybridized carbons (Fsp3) is 0.176. The molecule has 4 nitrogen and oxygen atoms in total. The molecule has 106 valence electrons. The summed E-state index contributed by atoms with van der Waals surface area (Å²) in [4.78, 5) is 16.2. The standard InChI is InChI=1S/C17H16N2O2/c1-11(2)16(20)12-7-9-13(10-8-12)18-17-19-14-5-3-4-6-15(14)21-17/h3-11H,1-2H3,(H,18,19). The van der Waals surface area contributed by atoms with Gasteiger partial charge in [-0.25, -0.2) is 0 Å². The van der Waals surface area contributed by atoms with Crippen LogP contribution in [0.2, 0.25) is 0 Å². The van der Waals surface area contributed by atoms with Gasteiger partial charge in [0, 0.05) is 17.2 Å². The molecule has 0 saturated carbocycles. The SMILES string of the molecule is CC(C)C(=O)c1ccc(Nc2nc3ccccc3o2)cc1. The summed E-state index contributed by atoms with van der Waals surface area (Å²) in [6, 6.07) is 15.4. The van der Waals surface area contributed by atoms with Gasteiger partial charge in [0.15, 0.2) is 11.4 Å². The lowest BCUT2D eigenvalue weighted by Gasteiger charge is -2.05. The lowest BCUT2D eigenvalue weighted by molar-refractivity contribution is 0.0939. The number of nitrogens with one attached hydrogen (secondary N) is 1. The fourth-order valence-corrected chi connectivity index (χ4v) is 2.10. The van der Waals surface area contributed by atoms with E-state index >= 15 is 0 Å². The molecule has 4 heteroatoms. The number of anilines is 2. The number of carbonyl (C=O) groups is 1. The number of ketones is 1. The van der Waals surface area contributed by atoms with Crippen LogP contribution in [0.3, 0.4) is 0 Å². The van der Waals surface area contributed by atoms with Gasteiger partial charge >= 0.3 is 0 Å². The van der Waals surface area contributed by atoms with Crippen molar-refractivity contribution >= 4 is 28.6 Å². The average molecular weight is 280 g/mol. The lowest BCUT2D eigenvalue weighted by Crippen LogP contribution is -2.07. The Morgan fingerprint density at radius 2 is 1.81 bits per heavy atom. The Hall–Kier alpha value is -2.62. The Kier molecular flexibility index (Phi) is 3.44. The van der Waals surface area contributed by atoms with Gasteiger partial charge in [-0.05, 0) is 36.4 Å². The van der Waals surface area contributed by atoms with Crippen LogP contribution < -0.4 is 5.32 Å². The topological polar surface area (TPSA) is 55.1 Å². The molecule has 1 heterocycles. The molecule has 3 aromatic rings. The molecule has 0 spiro atoms. The second-order valence-electron chi connectivity index (χ2n) is 5.21. The van der Waals surface area contributed by atoms with Crippen molar-refractivity contribution in [3.8, 4) is 0 Å². The summed E-state index contributed by atoms with van der Waals surface area (Å²) in [5, 5.41) is 3.10. The van der Waals surface area contributed by atoms with Gasteiger partial charge in [0.2, 0.25) is 0 Å². The third kappa shape index (κ3) is 2.79. The molecule has 0 bridgehead atoms. The van der Waals surface area contributed by atoms with E-state index in [-0.39, 0.29) is 11.7 Å². The molecule has 1 N–H and O–H groups in total. The van der Waals surface area contributed by atoms with E-state index in [0.29, 0.717) is 11.6 Å². The first-order valence-corrected chi connectivity index (χ1v) is 6.90. The smallest absolute Gasteiger partial charge is 0.300 e. The lowest BCUT2D eigenvalue weighted by atomic mass is 10.0. The Balaban J connectivity index is 1.80. The van der Waals surface area contributed by atoms with Crippen molar-refractivity contribution in [3.63, 3.8) is 0 Å². The van der Waals surface area contributed by atoms with Gasteiger partial charge in [0.25, 0.3) is 6.01 Å². The number of oxazole rings is 1. The average Bonchev–Trinajstić information content (AvgIpc) is 2.89. The fourth-order valence-electron chi connectivity index (χ4n) is 2.10. The quantitative estimate of drug-likeness (QED) is 0.719. The van der Waals surface area contributed by atoms with Crippen LogP contribution in [0.25, 0.3) is 11.1 Å². The molecule has 3 rings (SSSR count). The van der Waals surface area contributed by atoms with Gasteiger partial charge in [0.05, 0.1) is 0 Å². The van der Waals surface area contributed by atoms with E-state index in [1.165, 1.54) is 0 Å². The van der Waals surface area contributed by atoms with Gasteiger partial charge in [-0.3, -0.25) is 4.79 Å². The summed E-state index contributed by atoms with van der Waals surface area (Å²) in [6.45, 7) is 3.79. The van der Waals surface area contributed by atoms with E-state index in [2.05, 4.69) is 10.3 Å². The number of rotatable bonds is 4. The van der Waals surface area contributed by atoms with E-state index in [9.17, 15) is 4.79 Å². The molecule has 0 aliphatic heterocycles. The van der Waals surface area contributed by atoms with E-state index in [1.807, 2.05) is 62.4 Å². The zero-order valence-electron chi connectivity index (χ0n) is 12.0. The summed E-state index contributed by atoms with van der Waals surface area (Å²) >= 11 is 0. The highest BCUT2D eigenvalue weighted by atomic mass is 16.4. The maximum atomic E-state index is 11.9. The summed E-state index contributed by atoms with van der Waals surface area (Å²) in [5.41, 5.74) is 3.10. The van der Waals surface area contributed by atoms with Crippen LogP contribution in [0, 0.1) is 5.92 Å². The molecule has 0 radical (unpaired) electrons. The van der Waals surface area contributed by atoms with Crippen molar-refractivity contribution in [1.82, 2.24) is 4.98 Å². The number of fused-ring (bicyclic) bond motifs is 1. The minimum atomic E-state index is 0.000786. The van der Waals surface area contributed by atoms with Crippen LogP contribution in [0.15, 0.2) is 52.9 Å². The van der Waals surface area contributed by atoms with Crippen LogP contribution >= 0.6 is 0 Å². The Bertz CT molecular complexity index is 740. The highest BCUT2D eigenvalue weighted by Crippen LogP contribution is 2.22. The number of benzene rings is 2. The number of nitrogens with zero attached hydrogens (tertiary/aromatic N) is 1. The van der Waals surface area contributed by atoms with Gasteiger partial charge in [-0.15, -0.1) is 0 Å². The second kappa shape index (κ2) is 5.40. The summed E-state index contributed by atoms with van der Waals surface area (Å²) in [7, 11) is 0. The normalized spacial score (nSPS) is 11.0. The van der Waals surface area contributed by atoms with Crippen LogP contribution in [-0.2, 0) is 0 Å². The predicted molar refractivity (Wildman–Crippen MR) is 82.9 cm³/mol. The Morgan fingerprint density at radius 3 is 2.48 bits per heavy atom. The number of carbonyl (C=O) groups excluding carboxylic acids is 1. The van der Waals surface area contributed by atoms with Crippen molar-refractivity contribution in [2.45, 2.75) is 13.8 Å². The maximum absolute atomic E-state index is 11.9. The first-order chi connectivity index (χ1) is 10.1. The third-order valence-electron chi connectivity index (χ3n) is 3.24. The van der Waals surface area contributed by atoms with Crippen molar-refractivity contribution in [1.29, 1.82) is 0 Å². The number of para-hydroxylation sites is 2. The number of Topliss-reactive ketones (excluding diaryl/α,β-unsaturated/α-hetero) is 1. The summed E-state index contributed by atoms with van der Waals surface area (Å²) in [5.74, 6) is 0.143. The second-order valence-corrected chi connectivity index (χ2v) is 5.21. The van der Waals surface area contributed by atoms with Gasteiger partial charge in [-0.1, -0.05) is 26.0 Å². The molecule has 21 heavy (non-hydrogen) atoms. The van der Waals surface area contributed by atoms with E-state index in [4.69, 9.17) is 4.42 Å². The maximum Gasteiger partial charge on any atom is 0.300 e. The molecular weight excluding hydrogens is 264 g/mol. The van der Waals surface area contributed by atoms with E-state index < -0.39 is 0 Å². The first kappa shape index (κ1) is 13.4. The monoisotopic (exact) mass is 280 g/mol. The minimum absolute atomic E-state index is 0.000786. The van der Waals surface area contributed by atoms with E-state index in [0.717, 1.165) is 16.8 Å². The van der Waals surface area contributed by atoms with Crippen molar-refractivity contribution in [3.05, 3.63) is 54.1 Å². The molecular formula is C17H16N2O2. The van der Waals surface area contributed by atoms with Crippen molar-refractivity contribution < 1.29 is 9.21 Å². The zero-order valence-corrected chi connectivity index (χ0v) is 12.0. The Morgan fingerprint density at radius 1 is 1.10 bits per heavy atom. The molecule has 0 aliphatic rings. The van der Waals surface area contributed by atoms with Gasteiger partial charge < -0.3 is 9.73 Å². The van der Waals surface area contributed by atoms with Gasteiger partial charge in [-0.2, -0.15) is 4.98 Å². The highest BCUT2D eigenvalue weighted by molar-refractivity contribution is 5.97. The predicted octanol–water partition coefficient (Wildman–Crippen LogP) is 4.41. The third-order valence-corrected chi connectivity index (χ3v) is 3.24. The molecule has 0 saturated heterocycles. The van der Waals surface area contributed by atoms with Crippen LogP contribution in [-0.4, -0.2) is 10.8 Å². The van der Waals surface area contributed by atoms with Crippen molar-refractivity contribution in [2.24, 2.45) is 5.92 Å². The van der Waals surface area contributed by atoms with Crippen LogP contribution in [0.5, 0.6) is 0 Å². The largest absolute Gasteiger partial charge is 0.423 e. The molecule has 0 aliphatic carbocycles. The van der Waals surface area contributed by atoms with Crippen LogP contribution in [0.1, 0.15) is 24.2 Å². The molecule has 2 aromatic carbocycles. The Labute approximate surface area is 122 Å². The molecule has 0 amide bonds. The highest BCUT2D eigenvalue weighted by Gasteiger charge is 2.10. The molecule has 0 atom stereocenters. The number of hydrogen-bond donors (Lipinski definition) is 1. The molecule has 0 unspecified atom stereocenters. The summed E-state index contributed by atoms with van der Waals surface area (Å²) in [6.07, 6.45) is 0. The van der Waals surface area contributed by atoms with Crippen molar-refractivity contribution in [2.75, 3.05) is 5.32 Å². The van der Waals surface area contributed by atoms with E-state index in [1.54, 1.807) is 0 Å². The zero-order chi connectivity index (χ0) is 14.8. The first-order valence-electron chi connectivity index (χ1n) is 6.90. The summed E-state index contributed by atoms with van der Waals surface area (Å²) < 4.78 is 5.60. The minimum Gasteiger partial charge on any atom is -0.423 e. The number of hydrogen-bond acceptors (Lipinski definition) is 4. The van der Waals surface area contributed by atoms with Gasteiger partial charge in [0.1, 0.15) is 5.52 Å².